The Morgan fingerprint density at radius 3 is 3.00 bits per heavy atom. The van der Waals surface area contributed by atoms with Crippen molar-refractivity contribution in [1.29, 1.82) is 0 Å². The minimum Gasteiger partial charge on any atom is -0.330 e. The molecule has 0 aliphatic carbocycles. The van der Waals surface area contributed by atoms with Gasteiger partial charge in [0.05, 0.1) is 6.54 Å². The van der Waals surface area contributed by atoms with Gasteiger partial charge in [0, 0.05) is 28.9 Å². The van der Waals surface area contributed by atoms with Crippen molar-refractivity contribution < 1.29 is 4.39 Å². The van der Waals surface area contributed by atoms with Gasteiger partial charge in [0.25, 0.3) is 0 Å². The van der Waals surface area contributed by atoms with Crippen LogP contribution in [0, 0.1) is 5.82 Å². The van der Waals surface area contributed by atoms with E-state index in [1.54, 1.807) is 18.3 Å². The molecular weight excluding hydrogens is 271 g/mol. The Balaban J connectivity index is 2.30. The minimum atomic E-state index is -0.182. The highest BCUT2D eigenvalue weighted by atomic mass is 79.9. The normalized spacial score (nSPS) is 10.7. The molecule has 0 aliphatic heterocycles. The summed E-state index contributed by atoms with van der Waals surface area (Å²) in [4.78, 5) is 4.21. The Kier molecular flexibility index (Phi) is 3.39. The van der Waals surface area contributed by atoms with Crippen LogP contribution in [0.15, 0.2) is 35.1 Å². The lowest BCUT2D eigenvalue weighted by atomic mass is 10.2. The van der Waals surface area contributed by atoms with Gasteiger partial charge < -0.3 is 4.57 Å². The number of nitrogens with zero attached hydrogens (tertiary/aromatic N) is 2. The summed E-state index contributed by atoms with van der Waals surface area (Å²) in [5, 5.41) is 0. The molecule has 0 radical (unpaired) electrons. The van der Waals surface area contributed by atoms with Gasteiger partial charge in [0.2, 0.25) is 0 Å². The van der Waals surface area contributed by atoms with Crippen molar-refractivity contribution in [3.05, 3.63) is 52.3 Å². The van der Waals surface area contributed by atoms with Crippen molar-refractivity contribution >= 4 is 15.9 Å². The molecular formula is C12H12BrFN2. The largest absolute Gasteiger partial charge is 0.330 e. The molecule has 0 atom stereocenters. The second-order valence-electron chi connectivity index (χ2n) is 3.56. The Bertz CT molecular complexity index is 494. The van der Waals surface area contributed by atoms with Crippen molar-refractivity contribution in [3.8, 4) is 0 Å². The molecule has 0 N–H and O–H groups in total. The molecule has 2 aromatic rings. The summed E-state index contributed by atoms with van der Waals surface area (Å²) in [6.45, 7) is 2.56. The van der Waals surface area contributed by atoms with E-state index in [1.807, 2.05) is 17.7 Å². The van der Waals surface area contributed by atoms with Gasteiger partial charge in [-0.05, 0) is 18.2 Å². The number of benzene rings is 1. The molecule has 0 bridgehead atoms. The van der Waals surface area contributed by atoms with E-state index >= 15 is 0 Å². The Morgan fingerprint density at radius 1 is 1.44 bits per heavy atom. The topological polar surface area (TPSA) is 17.8 Å². The lowest BCUT2D eigenvalue weighted by molar-refractivity contribution is 0.594. The van der Waals surface area contributed by atoms with Crippen LogP contribution >= 0.6 is 15.9 Å². The zero-order chi connectivity index (χ0) is 11.5. The molecule has 4 heteroatoms. The first-order valence-corrected chi connectivity index (χ1v) is 5.94. The van der Waals surface area contributed by atoms with E-state index < -0.39 is 0 Å². The van der Waals surface area contributed by atoms with Crippen molar-refractivity contribution in [2.24, 2.45) is 0 Å². The van der Waals surface area contributed by atoms with E-state index in [2.05, 4.69) is 20.9 Å². The molecule has 0 spiro atoms. The molecule has 1 aromatic heterocycles. The molecule has 2 rings (SSSR count). The predicted octanol–water partition coefficient (Wildman–Crippen LogP) is 3.40. The third kappa shape index (κ3) is 2.32. The second kappa shape index (κ2) is 4.78. The maximum absolute atomic E-state index is 13.5. The lowest BCUT2D eigenvalue weighted by Gasteiger charge is -2.08. The number of aromatic nitrogens is 2. The smallest absolute Gasteiger partial charge is 0.128 e. The van der Waals surface area contributed by atoms with Crippen molar-refractivity contribution in [1.82, 2.24) is 9.55 Å². The van der Waals surface area contributed by atoms with Gasteiger partial charge in [-0.3, -0.25) is 0 Å². The molecule has 0 saturated carbocycles. The van der Waals surface area contributed by atoms with Crippen LogP contribution in [0.1, 0.15) is 18.3 Å². The predicted molar refractivity (Wildman–Crippen MR) is 64.8 cm³/mol. The average molecular weight is 283 g/mol. The van der Waals surface area contributed by atoms with Crippen LogP contribution in [-0.4, -0.2) is 9.55 Å². The van der Waals surface area contributed by atoms with E-state index in [-0.39, 0.29) is 5.82 Å². The number of aryl methyl sites for hydroxylation is 1. The van der Waals surface area contributed by atoms with Crippen LogP contribution in [0.3, 0.4) is 0 Å². The number of halogens is 2. The van der Waals surface area contributed by atoms with Gasteiger partial charge in [0.15, 0.2) is 0 Å². The van der Waals surface area contributed by atoms with Crippen LogP contribution < -0.4 is 0 Å². The fourth-order valence-electron chi connectivity index (χ4n) is 1.65. The summed E-state index contributed by atoms with van der Waals surface area (Å²) in [6, 6.07) is 4.98. The lowest BCUT2D eigenvalue weighted by Crippen LogP contribution is -2.05. The minimum absolute atomic E-state index is 0.182. The van der Waals surface area contributed by atoms with Crippen LogP contribution in [0.5, 0.6) is 0 Å². The highest BCUT2D eigenvalue weighted by molar-refractivity contribution is 9.10. The molecule has 84 valence electrons. The number of rotatable bonds is 3. The molecule has 0 saturated heterocycles. The van der Waals surface area contributed by atoms with Crippen molar-refractivity contribution in [2.45, 2.75) is 19.9 Å². The second-order valence-corrected chi connectivity index (χ2v) is 4.48. The van der Waals surface area contributed by atoms with Crippen LogP contribution in [0.2, 0.25) is 0 Å². The van der Waals surface area contributed by atoms with E-state index in [0.29, 0.717) is 12.1 Å². The maximum Gasteiger partial charge on any atom is 0.128 e. The summed E-state index contributed by atoms with van der Waals surface area (Å²) < 4.78 is 16.4. The quantitative estimate of drug-likeness (QED) is 0.844. The van der Waals surface area contributed by atoms with Crippen LogP contribution in [0.25, 0.3) is 0 Å². The van der Waals surface area contributed by atoms with Crippen LogP contribution in [-0.2, 0) is 13.0 Å². The monoisotopic (exact) mass is 282 g/mol. The van der Waals surface area contributed by atoms with Gasteiger partial charge in [-0.1, -0.05) is 22.9 Å². The van der Waals surface area contributed by atoms with Gasteiger partial charge in [0.1, 0.15) is 11.6 Å². The molecule has 1 aromatic carbocycles. The van der Waals surface area contributed by atoms with E-state index in [1.165, 1.54) is 6.07 Å². The average Bonchev–Trinajstić information content (AvgIpc) is 2.71. The van der Waals surface area contributed by atoms with Gasteiger partial charge in [-0.25, -0.2) is 9.37 Å². The molecule has 16 heavy (non-hydrogen) atoms. The molecule has 0 unspecified atom stereocenters. The third-order valence-electron chi connectivity index (χ3n) is 2.47. The van der Waals surface area contributed by atoms with Gasteiger partial charge in [-0.2, -0.15) is 0 Å². The SMILES string of the molecule is CCc1nccn1Cc1cc(Br)ccc1F. The number of hydrogen-bond acceptors (Lipinski definition) is 1. The summed E-state index contributed by atoms with van der Waals surface area (Å²) in [5.74, 6) is 0.790. The number of imidazole rings is 1. The van der Waals surface area contributed by atoms with E-state index in [0.717, 1.165) is 16.7 Å². The summed E-state index contributed by atoms with van der Waals surface area (Å²) in [7, 11) is 0. The fraction of sp³-hybridized carbons (Fsp3) is 0.250. The van der Waals surface area contributed by atoms with Crippen molar-refractivity contribution in [3.63, 3.8) is 0 Å². The first-order valence-electron chi connectivity index (χ1n) is 5.14. The molecule has 2 nitrogen and oxygen atoms in total. The molecule has 0 amide bonds. The fourth-order valence-corrected chi connectivity index (χ4v) is 2.05. The number of hydrogen-bond donors (Lipinski definition) is 0. The maximum atomic E-state index is 13.5. The van der Waals surface area contributed by atoms with Crippen molar-refractivity contribution in [2.75, 3.05) is 0 Å². The first-order chi connectivity index (χ1) is 7.70. The molecule has 0 fully saturated rings. The third-order valence-corrected chi connectivity index (χ3v) is 2.96. The Morgan fingerprint density at radius 2 is 2.25 bits per heavy atom. The zero-order valence-electron chi connectivity index (χ0n) is 8.95. The standard InChI is InChI=1S/C12H12BrFN2/c1-2-12-15-5-6-16(12)8-9-7-10(13)3-4-11(9)14/h3-7H,2,8H2,1H3. The summed E-state index contributed by atoms with van der Waals surface area (Å²) in [5.41, 5.74) is 0.669. The molecule has 1 heterocycles. The Hall–Kier alpha value is -1.16. The highest BCUT2D eigenvalue weighted by Crippen LogP contribution is 2.17. The van der Waals surface area contributed by atoms with Gasteiger partial charge in [-0.15, -0.1) is 0 Å². The summed E-state index contributed by atoms with van der Waals surface area (Å²) >= 11 is 3.34. The molecule has 0 aliphatic rings. The zero-order valence-corrected chi connectivity index (χ0v) is 10.5. The summed E-state index contributed by atoms with van der Waals surface area (Å²) in [6.07, 6.45) is 4.47. The Labute approximate surface area is 102 Å². The first kappa shape index (κ1) is 11.3. The van der Waals surface area contributed by atoms with E-state index in [4.69, 9.17) is 0 Å². The van der Waals surface area contributed by atoms with Gasteiger partial charge >= 0.3 is 0 Å². The van der Waals surface area contributed by atoms with Crippen LogP contribution in [0.4, 0.5) is 4.39 Å². The highest BCUT2D eigenvalue weighted by Gasteiger charge is 2.06. The van der Waals surface area contributed by atoms with E-state index in [9.17, 15) is 4.39 Å².